The fourth-order valence-electron chi connectivity index (χ4n) is 4.39. The number of nitrogens with one attached hydrogen (secondary N) is 1. The van der Waals surface area contributed by atoms with Gasteiger partial charge in [0.2, 0.25) is 5.95 Å². The molecule has 1 amide bonds. The van der Waals surface area contributed by atoms with E-state index >= 15 is 0 Å². The van der Waals surface area contributed by atoms with Gasteiger partial charge >= 0.3 is 0 Å². The Hall–Kier alpha value is -2.47. The van der Waals surface area contributed by atoms with Crippen LogP contribution in [0.15, 0.2) is 42.7 Å². The summed E-state index contributed by atoms with van der Waals surface area (Å²) in [4.78, 5) is 23.1. The van der Waals surface area contributed by atoms with Gasteiger partial charge in [0.05, 0.1) is 11.7 Å². The second-order valence-corrected chi connectivity index (χ2v) is 7.47. The van der Waals surface area contributed by atoms with Gasteiger partial charge < -0.3 is 15.3 Å². The Balaban J connectivity index is 1.39. The second kappa shape index (κ2) is 7.03. The van der Waals surface area contributed by atoms with E-state index in [2.05, 4.69) is 15.3 Å². The molecule has 2 fully saturated rings. The van der Waals surface area contributed by atoms with Crippen LogP contribution in [0.1, 0.15) is 36.0 Å². The number of carbonyl (C=O) groups is 1. The van der Waals surface area contributed by atoms with Crippen molar-refractivity contribution in [3.05, 3.63) is 48.3 Å². The summed E-state index contributed by atoms with van der Waals surface area (Å²) in [5.41, 5.74) is 1.41. The Kier molecular flexibility index (Phi) is 4.59. The van der Waals surface area contributed by atoms with Crippen molar-refractivity contribution >= 4 is 17.5 Å². The number of aliphatic hydroxyl groups excluding tert-OH is 1. The molecule has 1 heterocycles. The molecule has 6 heteroatoms. The van der Waals surface area contributed by atoms with E-state index in [4.69, 9.17) is 0 Å². The molecular weight excluding hydrogens is 328 g/mol. The number of rotatable bonds is 4. The Morgan fingerprint density at radius 2 is 1.69 bits per heavy atom. The Labute approximate surface area is 153 Å². The molecule has 4 atom stereocenters. The van der Waals surface area contributed by atoms with E-state index in [0.29, 0.717) is 23.3 Å². The monoisotopic (exact) mass is 352 g/mol. The van der Waals surface area contributed by atoms with Gasteiger partial charge in [-0.15, -0.1) is 0 Å². The van der Waals surface area contributed by atoms with Crippen molar-refractivity contribution in [2.24, 2.45) is 11.8 Å². The molecule has 1 aromatic carbocycles. The number of hydrogen-bond acceptors (Lipinski definition) is 5. The highest BCUT2D eigenvalue weighted by atomic mass is 16.3. The second-order valence-electron chi connectivity index (χ2n) is 7.47. The zero-order valence-electron chi connectivity index (χ0n) is 14.9. The number of aromatic nitrogens is 2. The van der Waals surface area contributed by atoms with Gasteiger partial charge in [0.25, 0.3) is 5.91 Å². The molecule has 0 saturated heterocycles. The standard InChI is InChI=1S/C20H24N4O2/c1-24(17-7-13-9-18(25)10-14(13)8-17)19(26)15-11-21-20(22-12-15)23-16-5-3-2-4-6-16/h2-6,11-14,17-18,25H,7-10H2,1H3,(H,21,22,23)/t13-,14+,17?,18?. The number of fused-ring (bicyclic) bond motifs is 1. The molecule has 0 aliphatic heterocycles. The number of carbonyl (C=O) groups excluding carboxylic acids is 1. The Morgan fingerprint density at radius 3 is 2.31 bits per heavy atom. The van der Waals surface area contributed by atoms with Crippen LogP contribution in [-0.4, -0.2) is 45.1 Å². The molecule has 6 nitrogen and oxygen atoms in total. The van der Waals surface area contributed by atoms with E-state index in [1.807, 2.05) is 42.3 Å². The minimum atomic E-state index is -0.148. The van der Waals surface area contributed by atoms with Crippen LogP contribution in [-0.2, 0) is 0 Å². The topological polar surface area (TPSA) is 78.4 Å². The largest absolute Gasteiger partial charge is 0.393 e. The molecule has 4 rings (SSSR count). The first kappa shape index (κ1) is 17.0. The van der Waals surface area contributed by atoms with Gasteiger partial charge in [-0.3, -0.25) is 4.79 Å². The summed E-state index contributed by atoms with van der Waals surface area (Å²) in [5, 5.41) is 12.9. The van der Waals surface area contributed by atoms with Gasteiger partial charge in [-0.05, 0) is 49.7 Å². The summed E-state index contributed by atoms with van der Waals surface area (Å²) in [7, 11) is 1.86. The number of hydrogen-bond donors (Lipinski definition) is 2. The van der Waals surface area contributed by atoms with E-state index in [9.17, 15) is 9.90 Å². The summed E-state index contributed by atoms with van der Waals surface area (Å²) >= 11 is 0. The third-order valence-electron chi connectivity index (χ3n) is 5.76. The summed E-state index contributed by atoms with van der Waals surface area (Å²) in [6.45, 7) is 0. The molecule has 2 saturated carbocycles. The van der Waals surface area contributed by atoms with E-state index in [-0.39, 0.29) is 18.1 Å². The van der Waals surface area contributed by atoms with Crippen LogP contribution in [0.3, 0.4) is 0 Å². The molecule has 0 radical (unpaired) electrons. The lowest BCUT2D eigenvalue weighted by atomic mass is 10.0. The van der Waals surface area contributed by atoms with Gasteiger partial charge in [0.1, 0.15) is 0 Å². The third kappa shape index (κ3) is 3.42. The number of anilines is 2. The fraction of sp³-hybridized carbons (Fsp3) is 0.450. The molecule has 0 spiro atoms. The minimum Gasteiger partial charge on any atom is -0.393 e. The van der Waals surface area contributed by atoms with Crippen molar-refractivity contribution < 1.29 is 9.90 Å². The predicted octanol–water partition coefficient (Wildman–Crippen LogP) is 2.84. The molecule has 2 N–H and O–H groups in total. The number of amides is 1. The highest BCUT2D eigenvalue weighted by molar-refractivity contribution is 5.93. The van der Waals surface area contributed by atoms with Gasteiger partial charge in [-0.2, -0.15) is 0 Å². The summed E-state index contributed by atoms with van der Waals surface area (Å²) in [5.74, 6) is 1.54. The van der Waals surface area contributed by atoms with Crippen molar-refractivity contribution in [1.82, 2.24) is 14.9 Å². The third-order valence-corrected chi connectivity index (χ3v) is 5.76. The maximum absolute atomic E-state index is 12.8. The molecule has 0 bridgehead atoms. The first-order valence-electron chi connectivity index (χ1n) is 9.19. The van der Waals surface area contributed by atoms with Crippen molar-refractivity contribution in [3.8, 4) is 0 Å². The summed E-state index contributed by atoms with van der Waals surface area (Å²) in [6, 6.07) is 9.93. The first-order valence-corrected chi connectivity index (χ1v) is 9.19. The molecule has 26 heavy (non-hydrogen) atoms. The molecule has 2 aliphatic rings. The van der Waals surface area contributed by atoms with Crippen molar-refractivity contribution in [3.63, 3.8) is 0 Å². The maximum atomic E-state index is 12.8. The molecule has 136 valence electrons. The highest BCUT2D eigenvalue weighted by Gasteiger charge is 2.43. The smallest absolute Gasteiger partial charge is 0.256 e. The number of aliphatic hydroxyl groups is 1. The fourth-order valence-corrected chi connectivity index (χ4v) is 4.39. The Morgan fingerprint density at radius 1 is 1.08 bits per heavy atom. The van der Waals surface area contributed by atoms with Crippen LogP contribution in [0.25, 0.3) is 0 Å². The van der Waals surface area contributed by atoms with E-state index in [0.717, 1.165) is 31.4 Å². The van der Waals surface area contributed by atoms with Crippen LogP contribution >= 0.6 is 0 Å². The maximum Gasteiger partial charge on any atom is 0.256 e. The lowest BCUT2D eigenvalue weighted by Crippen LogP contribution is -2.36. The highest BCUT2D eigenvalue weighted by Crippen LogP contribution is 2.45. The Bertz CT molecular complexity index is 751. The SMILES string of the molecule is CN(C(=O)c1cnc(Nc2ccccc2)nc1)C1C[C@H]2CC(O)C[C@H]2C1. The number of benzene rings is 1. The van der Waals surface area contributed by atoms with Gasteiger partial charge in [0, 0.05) is 31.2 Å². The zero-order valence-corrected chi connectivity index (χ0v) is 14.9. The quantitative estimate of drug-likeness (QED) is 0.885. The van der Waals surface area contributed by atoms with Crippen LogP contribution in [0.4, 0.5) is 11.6 Å². The predicted molar refractivity (Wildman–Crippen MR) is 99.1 cm³/mol. The first-order chi connectivity index (χ1) is 12.6. The normalized spacial score (nSPS) is 27.2. The summed E-state index contributed by atoms with van der Waals surface area (Å²) in [6.07, 6.45) is 6.74. The van der Waals surface area contributed by atoms with Crippen LogP contribution in [0, 0.1) is 11.8 Å². The minimum absolute atomic E-state index is 0.0400. The lowest BCUT2D eigenvalue weighted by molar-refractivity contribution is 0.0721. The van der Waals surface area contributed by atoms with Crippen molar-refractivity contribution in [2.75, 3.05) is 12.4 Å². The molecule has 2 unspecified atom stereocenters. The lowest BCUT2D eigenvalue weighted by Gasteiger charge is -2.25. The molecule has 2 aromatic rings. The summed E-state index contributed by atoms with van der Waals surface area (Å²) < 4.78 is 0. The van der Waals surface area contributed by atoms with Gasteiger partial charge in [-0.1, -0.05) is 18.2 Å². The van der Waals surface area contributed by atoms with E-state index < -0.39 is 0 Å². The van der Waals surface area contributed by atoms with Crippen molar-refractivity contribution in [1.29, 1.82) is 0 Å². The van der Waals surface area contributed by atoms with E-state index in [1.165, 1.54) is 0 Å². The van der Waals surface area contributed by atoms with Gasteiger partial charge in [0.15, 0.2) is 0 Å². The average molecular weight is 352 g/mol. The van der Waals surface area contributed by atoms with Crippen LogP contribution < -0.4 is 5.32 Å². The number of nitrogens with zero attached hydrogens (tertiary/aromatic N) is 3. The molecular formula is C20H24N4O2. The van der Waals surface area contributed by atoms with Gasteiger partial charge in [-0.25, -0.2) is 9.97 Å². The van der Waals surface area contributed by atoms with Crippen LogP contribution in [0.2, 0.25) is 0 Å². The average Bonchev–Trinajstić information content (AvgIpc) is 3.19. The molecule has 1 aromatic heterocycles. The van der Waals surface area contributed by atoms with Crippen molar-refractivity contribution in [2.45, 2.75) is 37.8 Å². The number of para-hydroxylation sites is 1. The van der Waals surface area contributed by atoms with Crippen LogP contribution in [0.5, 0.6) is 0 Å². The zero-order chi connectivity index (χ0) is 18.1. The van der Waals surface area contributed by atoms with E-state index in [1.54, 1.807) is 12.4 Å². The molecule has 2 aliphatic carbocycles.